The first kappa shape index (κ1) is 13.9. The number of likely N-dealkylation sites (tertiary alicyclic amines) is 1. The highest BCUT2D eigenvalue weighted by atomic mass is 16.3. The number of hydrogen-bond donors (Lipinski definition) is 1. The lowest BCUT2D eigenvalue weighted by molar-refractivity contribution is 0.174. The number of aliphatic hydroxyl groups is 1. The Morgan fingerprint density at radius 3 is 2.65 bits per heavy atom. The maximum Gasteiger partial charge on any atom is 0.132 e. The predicted octanol–water partition coefficient (Wildman–Crippen LogP) is 1.29. The van der Waals surface area contributed by atoms with Crippen molar-refractivity contribution in [2.45, 2.75) is 45.3 Å². The van der Waals surface area contributed by atoms with Crippen molar-refractivity contribution in [1.29, 1.82) is 0 Å². The normalized spacial score (nSPS) is 24.6. The van der Waals surface area contributed by atoms with Gasteiger partial charge < -0.3 is 10.0 Å². The molecule has 1 aromatic heterocycles. The van der Waals surface area contributed by atoms with Crippen molar-refractivity contribution in [3.63, 3.8) is 0 Å². The first-order valence-corrected chi connectivity index (χ1v) is 7.83. The number of rotatable bonds is 3. The van der Waals surface area contributed by atoms with Crippen molar-refractivity contribution >= 4 is 5.82 Å². The van der Waals surface area contributed by atoms with Crippen LogP contribution in [0.15, 0.2) is 0 Å². The van der Waals surface area contributed by atoms with Gasteiger partial charge >= 0.3 is 0 Å². The van der Waals surface area contributed by atoms with Gasteiger partial charge in [0.1, 0.15) is 5.82 Å². The van der Waals surface area contributed by atoms with E-state index < -0.39 is 0 Å². The van der Waals surface area contributed by atoms with Gasteiger partial charge in [0.05, 0.1) is 12.3 Å². The number of hydrogen-bond acceptors (Lipinski definition) is 4. The van der Waals surface area contributed by atoms with Gasteiger partial charge in [-0.1, -0.05) is 6.42 Å². The lowest BCUT2D eigenvalue weighted by Crippen LogP contribution is -2.41. The molecule has 0 aliphatic carbocycles. The Kier molecular flexibility index (Phi) is 3.98. The molecule has 0 aromatic carbocycles. The fraction of sp³-hybridized carbons (Fsp3) is 0.800. The Labute approximate surface area is 121 Å². The van der Waals surface area contributed by atoms with Crippen LogP contribution in [-0.2, 0) is 13.7 Å². The number of aliphatic hydroxyl groups excluding tert-OH is 1. The number of aryl methyl sites for hydroxylation is 2. The minimum atomic E-state index is 0.0832. The van der Waals surface area contributed by atoms with Crippen LogP contribution in [0.1, 0.15) is 36.9 Å². The van der Waals surface area contributed by atoms with E-state index in [1.807, 2.05) is 18.7 Å². The van der Waals surface area contributed by atoms with Gasteiger partial charge in [-0.25, -0.2) is 0 Å². The summed E-state index contributed by atoms with van der Waals surface area (Å²) >= 11 is 0. The Morgan fingerprint density at radius 2 is 1.95 bits per heavy atom. The SMILES string of the molecule is Cc1nn(C)c(N2CCC(N3CCCCC3)C2)c1CO. The first-order valence-electron chi connectivity index (χ1n) is 7.83. The predicted molar refractivity (Wildman–Crippen MR) is 79.9 cm³/mol. The summed E-state index contributed by atoms with van der Waals surface area (Å²) in [6.45, 7) is 6.73. The van der Waals surface area contributed by atoms with Crippen LogP contribution in [0.5, 0.6) is 0 Å². The molecule has 1 atom stereocenters. The highest BCUT2D eigenvalue weighted by molar-refractivity contribution is 5.51. The summed E-state index contributed by atoms with van der Waals surface area (Å²) in [6.07, 6.45) is 5.32. The van der Waals surface area contributed by atoms with Gasteiger partial charge in [0.15, 0.2) is 0 Å². The van der Waals surface area contributed by atoms with E-state index in [1.165, 1.54) is 38.8 Å². The van der Waals surface area contributed by atoms with Crippen LogP contribution < -0.4 is 4.90 Å². The van der Waals surface area contributed by atoms with Gasteiger partial charge in [-0.3, -0.25) is 9.58 Å². The summed E-state index contributed by atoms with van der Waals surface area (Å²) in [5.41, 5.74) is 1.94. The molecule has 0 amide bonds. The molecule has 112 valence electrons. The second-order valence-electron chi connectivity index (χ2n) is 6.15. The lowest BCUT2D eigenvalue weighted by atomic mass is 10.1. The number of nitrogens with zero attached hydrogens (tertiary/aromatic N) is 4. The van der Waals surface area contributed by atoms with Crippen molar-refractivity contribution in [1.82, 2.24) is 14.7 Å². The molecule has 0 saturated carbocycles. The summed E-state index contributed by atoms with van der Waals surface area (Å²) in [6, 6.07) is 0.678. The maximum atomic E-state index is 9.60. The van der Waals surface area contributed by atoms with Gasteiger partial charge in [0.25, 0.3) is 0 Å². The van der Waals surface area contributed by atoms with E-state index >= 15 is 0 Å². The largest absolute Gasteiger partial charge is 0.391 e. The fourth-order valence-corrected chi connectivity index (χ4v) is 3.79. The van der Waals surface area contributed by atoms with Crippen LogP contribution in [0.3, 0.4) is 0 Å². The summed E-state index contributed by atoms with van der Waals surface area (Å²) in [5, 5.41) is 14.1. The topological polar surface area (TPSA) is 44.5 Å². The van der Waals surface area contributed by atoms with E-state index in [0.29, 0.717) is 6.04 Å². The molecule has 5 heteroatoms. The molecular formula is C15H26N4O. The van der Waals surface area contributed by atoms with Crippen LogP contribution in [0, 0.1) is 6.92 Å². The molecular weight excluding hydrogens is 252 g/mol. The molecule has 0 bridgehead atoms. The van der Waals surface area contributed by atoms with E-state index in [1.54, 1.807) is 0 Å². The fourth-order valence-electron chi connectivity index (χ4n) is 3.79. The summed E-state index contributed by atoms with van der Waals surface area (Å²) in [5.74, 6) is 1.12. The number of piperidine rings is 1. The number of aromatic nitrogens is 2. The van der Waals surface area contributed by atoms with Crippen LogP contribution in [0.2, 0.25) is 0 Å². The maximum absolute atomic E-state index is 9.60. The van der Waals surface area contributed by atoms with Crippen molar-refractivity contribution in [2.24, 2.45) is 7.05 Å². The first-order chi connectivity index (χ1) is 9.70. The second kappa shape index (κ2) is 5.74. The average molecular weight is 278 g/mol. The zero-order chi connectivity index (χ0) is 14.1. The third kappa shape index (κ3) is 2.44. The van der Waals surface area contributed by atoms with Gasteiger partial charge in [0, 0.05) is 31.7 Å². The van der Waals surface area contributed by atoms with Crippen LogP contribution in [0.25, 0.3) is 0 Å². The molecule has 2 aliphatic heterocycles. The molecule has 3 rings (SSSR count). The zero-order valence-corrected chi connectivity index (χ0v) is 12.7. The minimum Gasteiger partial charge on any atom is -0.391 e. The minimum absolute atomic E-state index is 0.0832. The summed E-state index contributed by atoms with van der Waals surface area (Å²) in [7, 11) is 1.98. The van der Waals surface area contributed by atoms with Crippen molar-refractivity contribution < 1.29 is 5.11 Å². The molecule has 1 N–H and O–H groups in total. The Morgan fingerprint density at radius 1 is 1.20 bits per heavy atom. The smallest absolute Gasteiger partial charge is 0.132 e. The monoisotopic (exact) mass is 278 g/mol. The highest BCUT2D eigenvalue weighted by Crippen LogP contribution is 2.29. The van der Waals surface area contributed by atoms with Crippen LogP contribution in [-0.4, -0.2) is 52.0 Å². The molecule has 1 unspecified atom stereocenters. The van der Waals surface area contributed by atoms with E-state index in [9.17, 15) is 5.11 Å². The van der Waals surface area contributed by atoms with Gasteiger partial charge in [-0.2, -0.15) is 5.10 Å². The second-order valence-corrected chi connectivity index (χ2v) is 6.15. The third-order valence-corrected chi connectivity index (χ3v) is 4.84. The van der Waals surface area contributed by atoms with Crippen LogP contribution in [0.4, 0.5) is 5.82 Å². The van der Waals surface area contributed by atoms with Gasteiger partial charge in [0.2, 0.25) is 0 Å². The van der Waals surface area contributed by atoms with Crippen molar-refractivity contribution in [3.8, 4) is 0 Å². The zero-order valence-electron chi connectivity index (χ0n) is 12.7. The standard InChI is InChI=1S/C15H26N4O/c1-12-14(11-20)15(17(2)16-12)19-9-6-13(10-19)18-7-4-3-5-8-18/h13,20H,3-11H2,1-2H3. The highest BCUT2D eigenvalue weighted by Gasteiger charge is 2.31. The van der Waals surface area contributed by atoms with Crippen LogP contribution >= 0.6 is 0 Å². The lowest BCUT2D eigenvalue weighted by Gasteiger charge is -2.32. The summed E-state index contributed by atoms with van der Waals surface area (Å²) < 4.78 is 1.93. The van der Waals surface area contributed by atoms with E-state index in [4.69, 9.17) is 0 Å². The molecule has 20 heavy (non-hydrogen) atoms. The van der Waals surface area contributed by atoms with E-state index in [0.717, 1.165) is 30.2 Å². The average Bonchev–Trinajstić information content (AvgIpc) is 3.03. The molecule has 0 spiro atoms. The molecule has 1 aromatic rings. The van der Waals surface area contributed by atoms with Gasteiger partial charge in [-0.15, -0.1) is 0 Å². The third-order valence-electron chi connectivity index (χ3n) is 4.84. The molecule has 3 heterocycles. The number of anilines is 1. The van der Waals surface area contributed by atoms with E-state index in [2.05, 4.69) is 14.9 Å². The molecule has 2 fully saturated rings. The van der Waals surface area contributed by atoms with Crippen molar-refractivity contribution in [3.05, 3.63) is 11.3 Å². The molecule has 0 radical (unpaired) electrons. The quantitative estimate of drug-likeness (QED) is 0.905. The van der Waals surface area contributed by atoms with Crippen molar-refractivity contribution in [2.75, 3.05) is 31.1 Å². The van der Waals surface area contributed by atoms with Gasteiger partial charge in [-0.05, 0) is 39.3 Å². The molecule has 5 nitrogen and oxygen atoms in total. The molecule has 2 aliphatic rings. The Balaban J connectivity index is 1.73. The Hall–Kier alpha value is -1.07. The molecule has 2 saturated heterocycles. The summed E-state index contributed by atoms with van der Waals surface area (Å²) in [4.78, 5) is 5.07. The van der Waals surface area contributed by atoms with E-state index in [-0.39, 0.29) is 6.61 Å². The Bertz CT molecular complexity index is 465.